The van der Waals surface area contributed by atoms with Crippen LogP contribution < -0.4 is 0 Å². The van der Waals surface area contributed by atoms with Gasteiger partial charge in [0.15, 0.2) is 8.32 Å². The van der Waals surface area contributed by atoms with Crippen molar-refractivity contribution in [1.29, 1.82) is 0 Å². The minimum Gasteiger partial charge on any atom is -0.421 e. The Morgan fingerprint density at radius 3 is 0.882 bits per heavy atom. The third-order valence-electron chi connectivity index (χ3n) is 2.86. The van der Waals surface area contributed by atoms with E-state index in [2.05, 4.69) is 47.3 Å². The van der Waals surface area contributed by atoms with E-state index in [-0.39, 0.29) is 0 Å². The van der Waals surface area contributed by atoms with E-state index >= 15 is 0 Å². The summed E-state index contributed by atoms with van der Waals surface area (Å²) in [4.78, 5) is 0. The molecule has 0 saturated carbocycles. The first-order chi connectivity index (χ1) is 7.57. The molecule has 0 fully saturated rings. The van der Waals surface area contributed by atoms with Crippen LogP contribution in [0.4, 0.5) is 0 Å². The third kappa shape index (κ3) is 7.36. The minimum atomic E-state index is -1.90. The molecular formula is C12H32O3Si2. The van der Waals surface area contributed by atoms with Gasteiger partial charge in [-0.15, -0.1) is 0 Å². The summed E-state index contributed by atoms with van der Waals surface area (Å²) >= 11 is 0. The molecule has 5 heteroatoms. The maximum atomic E-state index is 5.53. The molecule has 0 amide bonds. The normalized spacial score (nSPS) is 12.7. The van der Waals surface area contributed by atoms with Gasteiger partial charge < -0.3 is 13.3 Å². The predicted octanol–water partition coefficient (Wildman–Crippen LogP) is 4.01. The molecule has 0 aromatic rings. The molecule has 0 aromatic carbocycles. The van der Waals surface area contributed by atoms with E-state index in [0.717, 1.165) is 0 Å². The Morgan fingerprint density at radius 1 is 0.647 bits per heavy atom. The summed E-state index contributed by atoms with van der Waals surface area (Å²) in [5.74, 6) is 0. The van der Waals surface area contributed by atoms with Crippen LogP contribution in [0.2, 0.25) is 30.7 Å². The van der Waals surface area contributed by atoms with Gasteiger partial charge in [0.25, 0.3) is 0 Å². The van der Waals surface area contributed by atoms with E-state index in [1.807, 2.05) is 0 Å². The van der Waals surface area contributed by atoms with Crippen molar-refractivity contribution in [1.82, 2.24) is 0 Å². The molecular weight excluding hydrogens is 248 g/mol. The molecule has 0 aliphatic rings. The second-order valence-electron chi connectivity index (χ2n) is 5.76. The standard InChI is InChI=1S/C8H20O2Si.C4H12OSi/c1-7(2)11(9-5,10-6)8(3)4;1-5-6(2,3)4/h7-8H,1-6H3;1-4H3. The van der Waals surface area contributed by atoms with Gasteiger partial charge >= 0.3 is 8.56 Å². The SMILES string of the molecule is CO[Si](C)(C)C.CO[Si](OC)(C(C)C)C(C)C. The zero-order valence-electron chi connectivity index (χ0n) is 13.4. The van der Waals surface area contributed by atoms with Crippen LogP contribution in [0.5, 0.6) is 0 Å². The summed E-state index contributed by atoms with van der Waals surface area (Å²) in [7, 11) is 2.26. The topological polar surface area (TPSA) is 27.7 Å². The quantitative estimate of drug-likeness (QED) is 0.712. The molecule has 0 aromatic heterocycles. The molecule has 0 heterocycles. The fourth-order valence-corrected chi connectivity index (χ4v) is 5.08. The molecule has 0 aliphatic carbocycles. The fourth-order valence-electron chi connectivity index (χ4n) is 1.69. The molecule has 3 nitrogen and oxygen atoms in total. The Morgan fingerprint density at radius 2 is 0.882 bits per heavy atom. The van der Waals surface area contributed by atoms with Crippen LogP contribution in [-0.4, -0.2) is 38.2 Å². The lowest BCUT2D eigenvalue weighted by molar-refractivity contribution is 0.223. The lowest BCUT2D eigenvalue weighted by Crippen LogP contribution is -2.46. The van der Waals surface area contributed by atoms with Crippen molar-refractivity contribution in [3.63, 3.8) is 0 Å². The largest absolute Gasteiger partial charge is 0.421 e. The van der Waals surface area contributed by atoms with Crippen molar-refractivity contribution in [3.8, 4) is 0 Å². The first-order valence-electron chi connectivity index (χ1n) is 6.22. The van der Waals surface area contributed by atoms with E-state index in [0.29, 0.717) is 11.1 Å². The third-order valence-corrected chi connectivity index (χ3v) is 8.58. The molecule has 0 saturated heterocycles. The lowest BCUT2D eigenvalue weighted by Gasteiger charge is -2.34. The fraction of sp³-hybridized carbons (Fsp3) is 1.00. The van der Waals surface area contributed by atoms with Crippen molar-refractivity contribution in [3.05, 3.63) is 0 Å². The average Bonchev–Trinajstić information content (AvgIpc) is 2.19. The minimum absolute atomic E-state index is 0.512. The molecule has 0 radical (unpaired) electrons. The van der Waals surface area contributed by atoms with Crippen LogP contribution in [0.15, 0.2) is 0 Å². The van der Waals surface area contributed by atoms with Crippen LogP contribution >= 0.6 is 0 Å². The van der Waals surface area contributed by atoms with Gasteiger partial charge in [0.05, 0.1) is 0 Å². The first kappa shape index (κ1) is 19.6. The zero-order valence-corrected chi connectivity index (χ0v) is 15.4. The van der Waals surface area contributed by atoms with E-state index in [4.69, 9.17) is 13.3 Å². The van der Waals surface area contributed by atoms with Crippen LogP contribution in [0, 0.1) is 0 Å². The number of hydrogen-bond acceptors (Lipinski definition) is 3. The highest BCUT2D eigenvalue weighted by Crippen LogP contribution is 2.32. The summed E-state index contributed by atoms with van der Waals surface area (Å²) < 4.78 is 16.1. The van der Waals surface area contributed by atoms with Crippen LogP contribution in [-0.2, 0) is 13.3 Å². The Labute approximate surface area is 110 Å². The van der Waals surface area contributed by atoms with Gasteiger partial charge in [-0.2, -0.15) is 0 Å². The maximum Gasteiger partial charge on any atom is 0.342 e. The lowest BCUT2D eigenvalue weighted by atomic mass is 10.5. The Kier molecular flexibility index (Phi) is 9.73. The smallest absolute Gasteiger partial charge is 0.342 e. The van der Waals surface area contributed by atoms with Crippen molar-refractivity contribution < 1.29 is 13.3 Å². The van der Waals surface area contributed by atoms with Gasteiger partial charge in [0.2, 0.25) is 0 Å². The van der Waals surface area contributed by atoms with E-state index in [1.165, 1.54) is 0 Å². The van der Waals surface area contributed by atoms with Gasteiger partial charge in [-0.25, -0.2) is 0 Å². The molecule has 17 heavy (non-hydrogen) atoms. The Balaban J connectivity index is 0. The number of rotatable bonds is 5. The van der Waals surface area contributed by atoms with Gasteiger partial charge in [0, 0.05) is 21.3 Å². The highest BCUT2D eigenvalue weighted by atomic mass is 28.4. The molecule has 0 unspecified atom stereocenters. The molecule has 106 valence electrons. The van der Waals surface area contributed by atoms with E-state index < -0.39 is 16.9 Å². The van der Waals surface area contributed by atoms with Crippen LogP contribution in [0.3, 0.4) is 0 Å². The zero-order chi connectivity index (χ0) is 14.3. The van der Waals surface area contributed by atoms with Crippen molar-refractivity contribution >= 4 is 16.9 Å². The molecule has 0 N–H and O–H groups in total. The van der Waals surface area contributed by atoms with Crippen molar-refractivity contribution in [2.45, 2.75) is 58.4 Å². The maximum absolute atomic E-state index is 5.53. The van der Waals surface area contributed by atoms with E-state index in [9.17, 15) is 0 Å². The Bertz CT molecular complexity index is 175. The average molecular weight is 281 g/mol. The van der Waals surface area contributed by atoms with Crippen LogP contribution in [0.1, 0.15) is 27.7 Å². The monoisotopic (exact) mass is 280 g/mol. The van der Waals surface area contributed by atoms with Gasteiger partial charge in [-0.3, -0.25) is 0 Å². The Hall–Kier alpha value is 0.314. The molecule has 0 aliphatic heterocycles. The summed E-state index contributed by atoms with van der Waals surface area (Å²) in [6.45, 7) is 15.1. The second-order valence-corrected chi connectivity index (χ2v) is 15.0. The van der Waals surface area contributed by atoms with Gasteiger partial charge in [0.1, 0.15) is 0 Å². The van der Waals surface area contributed by atoms with Crippen molar-refractivity contribution in [2.24, 2.45) is 0 Å². The predicted molar refractivity (Wildman–Crippen MR) is 80.3 cm³/mol. The summed E-state index contributed by atoms with van der Waals surface area (Å²) in [6.07, 6.45) is 0. The first-order valence-corrected chi connectivity index (χ1v) is 11.6. The molecule has 0 spiro atoms. The van der Waals surface area contributed by atoms with Gasteiger partial charge in [-0.1, -0.05) is 27.7 Å². The molecule has 0 rings (SSSR count). The number of hydrogen-bond donors (Lipinski definition) is 0. The second kappa shape index (κ2) is 8.42. The summed E-state index contributed by atoms with van der Waals surface area (Å²) in [5.41, 5.74) is 1.02. The highest BCUT2D eigenvalue weighted by Gasteiger charge is 2.42. The van der Waals surface area contributed by atoms with E-state index in [1.54, 1.807) is 21.3 Å². The molecule has 0 bridgehead atoms. The van der Waals surface area contributed by atoms with Gasteiger partial charge in [-0.05, 0) is 30.7 Å². The summed E-state index contributed by atoms with van der Waals surface area (Å²) in [5, 5.41) is 0. The van der Waals surface area contributed by atoms with Crippen LogP contribution in [0.25, 0.3) is 0 Å². The van der Waals surface area contributed by atoms with Crippen molar-refractivity contribution in [2.75, 3.05) is 21.3 Å². The molecule has 0 atom stereocenters. The summed E-state index contributed by atoms with van der Waals surface area (Å²) in [6, 6.07) is 0. The highest BCUT2D eigenvalue weighted by molar-refractivity contribution is 6.70.